The SMILES string of the molecule is CCCNC(C1=CCCCCC1)C1CC2CCC(C1)N2C. The van der Waals surface area contributed by atoms with E-state index in [1.54, 1.807) is 5.57 Å². The standard InChI is InChI=1S/C19H34N2/c1-3-12-20-19(15-8-6-4-5-7-9-15)16-13-17-10-11-18(14-16)21(17)2/h8,16-20H,3-7,9-14H2,1-2H3. The highest BCUT2D eigenvalue weighted by Gasteiger charge is 2.41. The van der Waals surface area contributed by atoms with E-state index in [4.69, 9.17) is 0 Å². The lowest BCUT2D eigenvalue weighted by Gasteiger charge is -2.41. The molecule has 3 atom stereocenters. The Morgan fingerprint density at radius 1 is 1.19 bits per heavy atom. The molecule has 2 bridgehead atoms. The molecule has 3 aliphatic rings. The van der Waals surface area contributed by atoms with Crippen molar-refractivity contribution in [2.75, 3.05) is 13.6 Å². The summed E-state index contributed by atoms with van der Waals surface area (Å²) in [6.45, 7) is 3.48. The van der Waals surface area contributed by atoms with E-state index in [1.807, 2.05) is 0 Å². The molecular formula is C19H34N2. The largest absolute Gasteiger partial charge is 0.310 e. The Balaban J connectivity index is 1.71. The van der Waals surface area contributed by atoms with Crippen LogP contribution in [-0.4, -0.2) is 36.6 Å². The summed E-state index contributed by atoms with van der Waals surface area (Å²) in [5.74, 6) is 0.884. The number of rotatable bonds is 5. The molecule has 0 radical (unpaired) electrons. The van der Waals surface area contributed by atoms with Crippen LogP contribution in [-0.2, 0) is 0 Å². The van der Waals surface area contributed by atoms with Crippen LogP contribution in [0.3, 0.4) is 0 Å². The fourth-order valence-electron chi connectivity index (χ4n) is 4.95. The fraction of sp³-hybridized carbons (Fsp3) is 0.895. The van der Waals surface area contributed by atoms with Gasteiger partial charge < -0.3 is 10.2 Å². The lowest BCUT2D eigenvalue weighted by atomic mass is 9.80. The van der Waals surface area contributed by atoms with Gasteiger partial charge in [-0.25, -0.2) is 0 Å². The Morgan fingerprint density at radius 3 is 2.67 bits per heavy atom. The lowest BCUT2D eigenvalue weighted by Crippen LogP contribution is -2.48. The van der Waals surface area contributed by atoms with Gasteiger partial charge in [-0.05, 0) is 77.3 Å². The van der Waals surface area contributed by atoms with E-state index in [0.29, 0.717) is 6.04 Å². The number of nitrogens with one attached hydrogen (secondary N) is 1. The van der Waals surface area contributed by atoms with Crippen molar-refractivity contribution in [2.24, 2.45) is 5.92 Å². The second-order valence-corrected chi connectivity index (χ2v) is 7.59. The summed E-state index contributed by atoms with van der Waals surface area (Å²) in [6, 6.07) is 2.41. The molecule has 0 amide bonds. The molecule has 0 aromatic rings. The average Bonchev–Trinajstić information content (AvgIpc) is 2.75. The van der Waals surface area contributed by atoms with Gasteiger partial charge in [-0.1, -0.05) is 25.0 Å². The van der Waals surface area contributed by atoms with Crippen LogP contribution in [0.4, 0.5) is 0 Å². The van der Waals surface area contributed by atoms with Crippen LogP contribution in [0, 0.1) is 5.92 Å². The van der Waals surface area contributed by atoms with Crippen molar-refractivity contribution in [3.8, 4) is 0 Å². The molecule has 0 aromatic carbocycles. The number of piperidine rings is 1. The van der Waals surface area contributed by atoms with E-state index >= 15 is 0 Å². The minimum absolute atomic E-state index is 0.680. The molecular weight excluding hydrogens is 256 g/mol. The number of fused-ring (bicyclic) bond motifs is 2. The van der Waals surface area contributed by atoms with Gasteiger partial charge in [-0.3, -0.25) is 0 Å². The van der Waals surface area contributed by atoms with Gasteiger partial charge in [0.2, 0.25) is 0 Å². The molecule has 21 heavy (non-hydrogen) atoms. The van der Waals surface area contributed by atoms with Gasteiger partial charge in [0.25, 0.3) is 0 Å². The van der Waals surface area contributed by atoms with Crippen LogP contribution in [0.15, 0.2) is 11.6 Å². The predicted octanol–water partition coefficient (Wildman–Crippen LogP) is 4.12. The Bertz CT molecular complexity index is 349. The molecule has 3 unspecified atom stereocenters. The third-order valence-corrected chi connectivity index (χ3v) is 6.20. The van der Waals surface area contributed by atoms with E-state index in [1.165, 1.54) is 70.8 Å². The Morgan fingerprint density at radius 2 is 1.95 bits per heavy atom. The summed E-state index contributed by atoms with van der Waals surface area (Å²) in [4.78, 5) is 2.68. The first kappa shape index (κ1) is 15.6. The third kappa shape index (κ3) is 3.53. The zero-order valence-electron chi connectivity index (χ0n) is 14.1. The molecule has 2 nitrogen and oxygen atoms in total. The van der Waals surface area contributed by atoms with E-state index < -0.39 is 0 Å². The minimum atomic E-state index is 0.680. The first-order valence-electron chi connectivity index (χ1n) is 9.43. The second-order valence-electron chi connectivity index (χ2n) is 7.59. The number of nitrogens with zero attached hydrogens (tertiary/aromatic N) is 1. The smallest absolute Gasteiger partial charge is 0.0309 e. The monoisotopic (exact) mass is 290 g/mol. The molecule has 1 N–H and O–H groups in total. The van der Waals surface area contributed by atoms with Gasteiger partial charge in [0.1, 0.15) is 0 Å². The Hall–Kier alpha value is -0.340. The van der Waals surface area contributed by atoms with Crippen LogP contribution in [0.1, 0.15) is 71.1 Å². The molecule has 1 aliphatic carbocycles. The van der Waals surface area contributed by atoms with Crippen molar-refractivity contribution in [1.29, 1.82) is 0 Å². The number of hydrogen-bond donors (Lipinski definition) is 1. The quantitative estimate of drug-likeness (QED) is 0.766. The maximum absolute atomic E-state index is 3.93. The predicted molar refractivity (Wildman–Crippen MR) is 90.5 cm³/mol. The highest BCUT2D eigenvalue weighted by Crippen LogP contribution is 2.40. The van der Waals surface area contributed by atoms with E-state index in [2.05, 4.69) is 30.3 Å². The van der Waals surface area contributed by atoms with E-state index in [0.717, 1.165) is 18.0 Å². The summed E-state index contributed by atoms with van der Waals surface area (Å²) < 4.78 is 0. The molecule has 2 saturated heterocycles. The maximum Gasteiger partial charge on any atom is 0.0309 e. The lowest BCUT2D eigenvalue weighted by molar-refractivity contribution is 0.118. The van der Waals surface area contributed by atoms with E-state index in [-0.39, 0.29) is 0 Å². The van der Waals surface area contributed by atoms with Crippen LogP contribution >= 0.6 is 0 Å². The maximum atomic E-state index is 3.93. The van der Waals surface area contributed by atoms with Gasteiger partial charge in [-0.2, -0.15) is 0 Å². The summed E-state index contributed by atoms with van der Waals surface area (Å²) in [5.41, 5.74) is 1.76. The molecule has 3 rings (SSSR count). The zero-order chi connectivity index (χ0) is 14.7. The van der Waals surface area contributed by atoms with Gasteiger partial charge in [-0.15, -0.1) is 0 Å². The molecule has 2 aliphatic heterocycles. The van der Waals surface area contributed by atoms with Crippen molar-refractivity contribution in [1.82, 2.24) is 10.2 Å². The van der Waals surface area contributed by atoms with Gasteiger partial charge in [0.05, 0.1) is 0 Å². The summed E-state index contributed by atoms with van der Waals surface area (Å²) in [6.07, 6.45) is 16.5. The summed E-state index contributed by atoms with van der Waals surface area (Å²) in [5, 5.41) is 3.93. The van der Waals surface area contributed by atoms with Crippen molar-refractivity contribution >= 4 is 0 Å². The molecule has 2 fully saturated rings. The minimum Gasteiger partial charge on any atom is -0.310 e. The third-order valence-electron chi connectivity index (χ3n) is 6.20. The highest BCUT2D eigenvalue weighted by atomic mass is 15.2. The molecule has 0 aromatic heterocycles. The zero-order valence-corrected chi connectivity index (χ0v) is 14.1. The highest BCUT2D eigenvalue weighted by molar-refractivity contribution is 5.16. The Kier molecular flexibility index (Phi) is 5.39. The van der Waals surface area contributed by atoms with Gasteiger partial charge in [0.15, 0.2) is 0 Å². The molecule has 0 saturated carbocycles. The van der Waals surface area contributed by atoms with Crippen LogP contribution in [0.25, 0.3) is 0 Å². The van der Waals surface area contributed by atoms with Crippen molar-refractivity contribution in [2.45, 2.75) is 89.3 Å². The molecule has 2 heterocycles. The van der Waals surface area contributed by atoms with E-state index in [9.17, 15) is 0 Å². The topological polar surface area (TPSA) is 15.3 Å². The van der Waals surface area contributed by atoms with Gasteiger partial charge in [0, 0.05) is 18.1 Å². The summed E-state index contributed by atoms with van der Waals surface area (Å²) in [7, 11) is 2.36. The van der Waals surface area contributed by atoms with Crippen molar-refractivity contribution < 1.29 is 0 Å². The molecule has 120 valence electrons. The van der Waals surface area contributed by atoms with Crippen molar-refractivity contribution in [3.63, 3.8) is 0 Å². The Labute approximate surface area is 131 Å². The van der Waals surface area contributed by atoms with Crippen LogP contribution in [0.5, 0.6) is 0 Å². The second kappa shape index (κ2) is 7.28. The average molecular weight is 290 g/mol. The van der Waals surface area contributed by atoms with Gasteiger partial charge >= 0.3 is 0 Å². The summed E-state index contributed by atoms with van der Waals surface area (Å²) >= 11 is 0. The van der Waals surface area contributed by atoms with Crippen LogP contribution < -0.4 is 5.32 Å². The first-order valence-corrected chi connectivity index (χ1v) is 9.43. The fourth-order valence-corrected chi connectivity index (χ4v) is 4.95. The molecule has 0 spiro atoms. The normalized spacial score (nSPS) is 35.3. The number of allylic oxidation sites excluding steroid dienone is 1. The first-order chi connectivity index (χ1) is 10.3. The van der Waals surface area contributed by atoms with Crippen LogP contribution in [0.2, 0.25) is 0 Å². The van der Waals surface area contributed by atoms with Crippen molar-refractivity contribution in [3.05, 3.63) is 11.6 Å². The number of hydrogen-bond acceptors (Lipinski definition) is 2. The molecule has 2 heteroatoms.